The van der Waals surface area contributed by atoms with E-state index in [-0.39, 0.29) is 5.41 Å². The zero-order valence-corrected chi connectivity index (χ0v) is 27.7. The Labute approximate surface area is 287 Å². The van der Waals surface area contributed by atoms with Gasteiger partial charge in [0.2, 0.25) is 5.95 Å². The van der Waals surface area contributed by atoms with Crippen molar-refractivity contribution in [3.8, 4) is 50.2 Å². The van der Waals surface area contributed by atoms with E-state index in [9.17, 15) is 0 Å². The highest BCUT2D eigenvalue weighted by molar-refractivity contribution is 7.21. The third kappa shape index (κ3) is 4.31. The number of nitrogens with zero attached hydrogens (tertiary/aromatic N) is 5. The molecule has 0 amide bonds. The van der Waals surface area contributed by atoms with E-state index in [2.05, 4.69) is 132 Å². The van der Waals surface area contributed by atoms with Crippen LogP contribution in [0.25, 0.3) is 82.2 Å². The van der Waals surface area contributed by atoms with E-state index in [1.807, 2.05) is 30.3 Å². The standard InChI is InChI=1S/C43H29N5S/c1-43(2)34-19-17-28(21-31(34)32-23-36-39(24-35(32)43)49-41(46-36)27-13-7-4-8-14-27)29-18-20-38-33(22-29)30-15-9-10-16-37(30)48(38)42-45-25-44-40(47-42)26-11-5-3-6-12-26/h3-25H,1-2H3. The van der Waals surface area contributed by atoms with Crippen molar-refractivity contribution in [1.29, 1.82) is 0 Å². The van der Waals surface area contributed by atoms with E-state index in [1.165, 1.54) is 38.1 Å². The van der Waals surface area contributed by atoms with Gasteiger partial charge in [0.25, 0.3) is 0 Å². The summed E-state index contributed by atoms with van der Waals surface area (Å²) in [4.78, 5) is 19.1. The summed E-state index contributed by atoms with van der Waals surface area (Å²) < 4.78 is 3.38. The first kappa shape index (κ1) is 28.1. The van der Waals surface area contributed by atoms with Crippen LogP contribution in [0.2, 0.25) is 0 Å². The van der Waals surface area contributed by atoms with Gasteiger partial charge in [-0.1, -0.05) is 111 Å². The van der Waals surface area contributed by atoms with Crippen molar-refractivity contribution in [2.45, 2.75) is 19.3 Å². The number of aromatic nitrogens is 5. The molecular weight excluding hydrogens is 619 g/mol. The molecule has 9 aromatic rings. The molecule has 3 heterocycles. The van der Waals surface area contributed by atoms with Gasteiger partial charge >= 0.3 is 0 Å². The molecule has 0 N–H and O–H groups in total. The van der Waals surface area contributed by atoms with Gasteiger partial charge in [-0.25, -0.2) is 15.0 Å². The van der Waals surface area contributed by atoms with Crippen molar-refractivity contribution in [1.82, 2.24) is 24.5 Å². The normalized spacial score (nSPS) is 13.3. The van der Waals surface area contributed by atoms with Crippen LogP contribution in [0.3, 0.4) is 0 Å². The van der Waals surface area contributed by atoms with Gasteiger partial charge in [-0.2, -0.15) is 4.98 Å². The zero-order valence-electron chi connectivity index (χ0n) is 26.9. The lowest BCUT2D eigenvalue weighted by Gasteiger charge is -2.21. The number of thiazole rings is 1. The van der Waals surface area contributed by atoms with E-state index in [1.54, 1.807) is 17.7 Å². The molecule has 6 heteroatoms. The van der Waals surface area contributed by atoms with Gasteiger partial charge in [-0.05, 0) is 69.8 Å². The second-order valence-electron chi connectivity index (χ2n) is 13.2. The summed E-state index contributed by atoms with van der Waals surface area (Å²) in [5.41, 5.74) is 12.8. The summed E-state index contributed by atoms with van der Waals surface area (Å²) in [5, 5.41) is 3.38. The molecule has 0 saturated carbocycles. The average molecular weight is 648 g/mol. The number of hydrogen-bond donors (Lipinski definition) is 0. The van der Waals surface area contributed by atoms with E-state index in [0.29, 0.717) is 11.8 Å². The summed E-state index contributed by atoms with van der Waals surface area (Å²) in [6.07, 6.45) is 1.60. The Balaban J connectivity index is 1.10. The molecule has 0 saturated heterocycles. The molecule has 0 unspecified atom stereocenters. The molecule has 49 heavy (non-hydrogen) atoms. The molecule has 0 atom stereocenters. The van der Waals surface area contributed by atoms with Gasteiger partial charge < -0.3 is 0 Å². The fraction of sp³-hybridized carbons (Fsp3) is 0.0698. The van der Waals surface area contributed by atoms with Crippen molar-refractivity contribution in [2.75, 3.05) is 0 Å². The van der Waals surface area contributed by atoms with Crippen molar-refractivity contribution in [3.05, 3.63) is 151 Å². The van der Waals surface area contributed by atoms with E-state index in [0.717, 1.165) is 43.5 Å². The minimum absolute atomic E-state index is 0.102. The van der Waals surface area contributed by atoms with E-state index >= 15 is 0 Å². The number of para-hydroxylation sites is 1. The Bertz CT molecular complexity index is 2740. The van der Waals surface area contributed by atoms with E-state index < -0.39 is 0 Å². The fourth-order valence-electron chi connectivity index (χ4n) is 7.54. The van der Waals surface area contributed by atoms with Crippen molar-refractivity contribution >= 4 is 43.4 Å². The third-order valence-electron chi connectivity index (χ3n) is 10.0. The maximum atomic E-state index is 5.08. The summed E-state index contributed by atoms with van der Waals surface area (Å²) in [5.74, 6) is 1.26. The van der Waals surface area contributed by atoms with Crippen LogP contribution in [0.4, 0.5) is 0 Å². The van der Waals surface area contributed by atoms with Gasteiger partial charge in [-0.15, -0.1) is 11.3 Å². The van der Waals surface area contributed by atoms with Gasteiger partial charge in [-0.3, -0.25) is 4.57 Å². The van der Waals surface area contributed by atoms with E-state index in [4.69, 9.17) is 9.97 Å². The molecule has 0 aliphatic heterocycles. The van der Waals surface area contributed by atoms with Crippen LogP contribution in [0.1, 0.15) is 25.0 Å². The SMILES string of the molecule is CC1(C)c2ccc(-c3ccc4c(c3)c3ccccc3n4-c3ncnc(-c4ccccc4)n3)cc2-c2cc3nc(-c4ccccc4)sc3cc21. The second kappa shape index (κ2) is 10.5. The maximum Gasteiger partial charge on any atom is 0.238 e. The van der Waals surface area contributed by atoms with Gasteiger partial charge in [0.1, 0.15) is 11.3 Å². The highest BCUT2D eigenvalue weighted by Gasteiger charge is 2.36. The van der Waals surface area contributed by atoms with Crippen LogP contribution < -0.4 is 0 Å². The van der Waals surface area contributed by atoms with Crippen LogP contribution >= 0.6 is 11.3 Å². The van der Waals surface area contributed by atoms with Gasteiger partial charge in [0, 0.05) is 27.3 Å². The number of fused-ring (bicyclic) bond motifs is 7. The van der Waals surface area contributed by atoms with Gasteiger partial charge in [0.15, 0.2) is 5.82 Å². The van der Waals surface area contributed by atoms with Crippen LogP contribution in [-0.2, 0) is 5.41 Å². The van der Waals surface area contributed by atoms with Gasteiger partial charge in [0.05, 0.1) is 21.3 Å². The Morgan fingerprint density at radius 3 is 2.08 bits per heavy atom. The number of hydrogen-bond acceptors (Lipinski definition) is 5. The molecule has 10 rings (SSSR count). The monoisotopic (exact) mass is 647 g/mol. The zero-order chi connectivity index (χ0) is 32.7. The minimum atomic E-state index is -0.102. The molecule has 232 valence electrons. The van der Waals surface area contributed by atoms with Crippen molar-refractivity contribution in [2.24, 2.45) is 0 Å². The van der Waals surface area contributed by atoms with Crippen LogP contribution in [0, 0.1) is 0 Å². The third-order valence-corrected chi connectivity index (χ3v) is 11.1. The number of rotatable bonds is 4. The predicted molar refractivity (Wildman–Crippen MR) is 201 cm³/mol. The first-order valence-electron chi connectivity index (χ1n) is 16.5. The molecule has 1 aliphatic rings. The summed E-state index contributed by atoms with van der Waals surface area (Å²) in [6.45, 7) is 4.68. The summed E-state index contributed by atoms with van der Waals surface area (Å²) in [7, 11) is 0. The van der Waals surface area contributed by atoms with Crippen LogP contribution in [0.15, 0.2) is 140 Å². The molecule has 3 aromatic heterocycles. The average Bonchev–Trinajstić information content (AvgIpc) is 3.79. The lowest BCUT2D eigenvalue weighted by molar-refractivity contribution is 0.661. The largest absolute Gasteiger partial charge is 0.278 e. The minimum Gasteiger partial charge on any atom is -0.278 e. The molecule has 0 bridgehead atoms. The molecule has 6 aromatic carbocycles. The smallest absolute Gasteiger partial charge is 0.238 e. The molecule has 0 radical (unpaired) electrons. The Morgan fingerprint density at radius 1 is 0.551 bits per heavy atom. The van der Waals surface area contributed by atoms with Crippen LogP contribution in [-0.4, -0.2) is 24.5 Å². The predicted octanol–water partition coefficient (Wildman–Crippen LogP) is 10.9. The molecule has 0 spiro atoms. The second-order valence-corrected chi connectivity index (χ2v) is 14.2. The quantitative estimate of drug-likeness (QED) is 0.191. The molecule has 0 fully saturated rings. The topological polar surface area (TPSA) is 56.5 Å². The summed E-state index contributed by atoms with van der Waals surface area (Å²) >= 11 is 1.77. The lowest BCUT2D eigenvalue weighted by atomic mass is 9.82. The first-order chi connectivity index (χ1) is 24.0. The first-order valence-corrected chi connectivity index (χ1v) is 17.3. The van der Waals surface area contributed by atoms with Crippen molar-refractivity contribution in [3.63, 3.8) is 0 Å². The Hall–Kier alpha value is -5.98. The fourth-order valence-corrected chi connectivity index (χ4v) is 8.54. The van der Waals surface area contributed by atoms with Crippen molar-refractivity contribution < 1.29 is 0 Å². The molecule has 1 aliphatic carbocycles. The molecular formula is C43H29N5S. The van der Waals surface area contributed by atoms with Crippen LogP contribution in [0.5, 0.6) is 0 Å². The lowest BCUT2D eigenvalue weighted by Crippen LogP contribution is -2.14. The Morgan fingerprint density at radius 2 is 1.24 bits per heavy atom. The number of benzene rings is 6. The highest BCUT2D eigenvalue weighted by atomic mass is 32.1. The highest BCUT2D eigenvalue weighted by Crippen LogP contribution is 2.51. The Kier molecular flexibility index (Phi) is 6.02. The summed E-state index contributed by atoms with van der Waals surface area (Å²) in [6, 6.07) is 47.4. The molecule has 5 nitrogen and oxygen atoms in total. The maximum absolute atomic E-state index is 5.08.